The summed E-state index contributed by atoms with van der Waals surface area (Å²) in [6.45, 7) is 7.09. The van der Waals surface area contributed by atoms with Gasteiger partial charge in [-0.15, -0.1) is 0 Å². The van der Waals surface area contributed by atoms with Crippen molar-refractivity contribution in [2.24, 2.45) is 10.9 Å². The molecular weight excluding hydrogens is 261 g/mol. The zero-order valence-corrected chi connectivity index (χ0v) is 12.1. The minimum absolute atomic E-state index is 0.128. The van der Waals surface area contributed by atoms with Crippen LogP contribution in [0.15, 0.2) is 23.4 Å². The van der Waals surface area contributed by atoms with Gasteiger partial charge in [0.1, 0.15) is 5.82 Å². The molecule has 0 atom stereocenters. The summed E-state index contributed by atoms with van der Waals surface area (Å²) < 4.78 is 13.6. The van der Waals surface area contributed by atoms with Gasteiger partial charge in [0.2, 0.25) is 0 Å². The molecule has 0 radical (unpaired) electrons. The summed E-state index contributed by atoms with van der Waals surface area (Å²) in [5, 5.41) is 21.4. The van der Waals surface area contributed by atoms with Gasteiger partial charge in [-0.25, -0.2) is 4.39 Å². The van der Waals surface area contributed by atoms with Crippen LogP contribution in [0.1, 0.15) is 31.9 Å². The highest BCUT2D eigenvalue weighted by molar-refractivity contribution is 5.97. The molecule has 1 aromatic carbocycles. The fraction of sp³-hybridized carbons (Fsp3) is 0.500. The van der Waals surface area contributed by atoms with E-state index in [2.05, 4.69) is 5.16 Å². The van der Waals surface area contributed by atoms with Gasteiger partial charge in [-0.2, -0.15) is 0 Å². The number of oxime groups is 1. The molecule has 5 nitrogen and oxygen atoms in total. The Labute approximate surface area is 118 Å². The maximum absolute atomic E-state index is 13.6. The molecule has 20 heavy (non-hydrogen) atoms. The van der Waals surface area contributed by atoms with Crippen LogP contribution in [-0.2, 0) is 6.54 Å². The molecule has 0 bridgehead atoms. The van der Waals surface area contributed by atoms with Crippen molar-refractivity contribution in [3.05, 3.63) is 35.1 Å². The Hall–Kier alpha value is -1.66. The van der Waals surface area contributed by atoms with Crippen molar-refractivity contribution < 1.29 is 14.7 Å². The van der Waals surface area contributed by atoms with E-state index >= 15 is 0 Å². The second kappa shape index (κ2) is 6.67. The third kappa shape index (κ3) is 5.14. The van der Waals surface area contributed by atoms with Crippen molar-refractivity contribution in [1.82, 2.24) is 4.90 Å². The van der Waals surface area contributed by atoms with E-state index in [9.17, 15) is 9.50 Å². The number of amidine groups is 1. The minimum atomic E-state index is -0.822. The molecule has 0 heterocycles. The fourth-order valence-electron chi connectivity index (χ4n) is 2.03. The Balaban J connectivity index is 2.93. The van der Waals surface area contributed by atoms with E-state index in [1.54, 1.807) is 19.9 Å². The first kappa shape index (κ1) is 16.4. The molecule has 0 spiro atoms. The lowest BCUT2D eigenvalue weighted by Gasteiger charge is -2.28. The molecule has 0 aliphatic heterocycles. The van der Waals surface area contributed by atoms with Gasteiger partial charge in [0.25, 0.3) is 0 Å². The Kier molecular flexibility index (Phi) is 5.47. The number of nitrogens with zero attached hydrogens (tertiary/aromatic N) is 2. The molecule has 1 rings (SSSR count). The number of aliphatic hydroxyl groups is 1. The molecule has 0 saturated carbocycles. The Bertz CT molecular complexity index is 484. The Morgan fingerprint density at radius 2 is 2.05 bits per heavy atom. The van der Waals surface area contributed by atoms with Crippen LogP contribution in [-0.4, -0.2) is 39.7 Å². The molecule has 4 N–H and O–H groups in total. The van der Waals surface area contributed by atoms with Crippen LogP contribution >= 0.6 is 0 Å². The minimum Gasteiger partial charge on any atom is -0.409 e. The monoisotopic (exact) mass is 283 g/mol. The second-order valence-electron chi connectivity index (χ2n) is 5.45. The normalized spacial score (nSPS) is 13.0. The van der Waals surface area contributed by atoms with E-state index in [4.69, 9.17) is 10.9 Å². The van der Waals surface area contributed by atoms with Crippen LogP contribution in [0.25, 0.3) is 0 Å². The summed E-state index contributed by atoms with van der Waals surface area (Å²) in [7, 11) is 0. The van der Waals surface area contributed by atoms with Crippen LogP contribution < -0.4 is 5.73 Å². The highest BCUT2D eigenvalue weighted by atomic mass is 19.1. The first-order valence-corrected chi connectivity index (χ1v) is 6.47. The van der Waals surface area contributed by atoms with Crippen LogP contribution in [0.3, 0.4) is 0 Å². The van der Waals surface area contributed by atoms with Crippen molar-refractivity contribution in [3.8, 4) is 0 Å². The largest absolute Gasteiger partial charge is 0.409 e. The zero-order chi connectivity index (χ0) is 15.3. The quantitative estimate of drug-likeness (QED) is 0.320. The lowest BCUT2D eigenvalue weighted by Crippen LogP contribution is -2.38. The lowest BCUT2D eigenvalue weighted by molar-refractivity contribution is 0.0353. The average Bonchev–Trinajstić information content (AvgIpc) is 2.34. The number of nitrogens with two attached hydrogens (primary N) is 1. The van der Waals surface area contributed by atoms with Gasteiger partial charge in [0.15, 0.2) is 5.84 Å². The third-order valence-corrected chi connectivity index (χ3v) is 2.83. The molecule has 0 aliphatic carbocycles. The zero-order valence-electron chi connectivity index (χ0n) is 12.1. The SMILES string of the molecule is CCN(Cc1cc(F)cc(/C(N)=N/O)c1)CC(C)(C)O. The van der Waals surface area contributed by atoms with E-state index in [0.29, 0.717) is 24.2 Å². The van der Waals surface area contributed by atoms with Gasteiger partial charge >= 0.3 is 0 Å². The second-order valence-corrected chi connectivity index (χ2v) is 5.45. The number of likely N-dealkylation sites (N-methyl/N-ethyl adjacent to an activating group) is 1. The van der Waals surface area contributed by atoms with E-state index in [1.807, 2.05) is 11.8 Å². The van der Waals surface area contributed by atoms with Crippen LogP contribution in [0, 0.1) is 5.82 Å². The molecule has 0 amide bonds. The van der Waals surface area contributed by atoms with Gasteiger partial charge in [-0.1, -0.05) is 12.1 Å². The number of hydrogen-bond donors (Lipinski definition) is 3. The van der Waals surface area contributed by atoms with E-state index in [-0.39, 0.29) is 5.84 Å². The molecule has 0 aliphatic rings. The standard InChI is InChI=1S/C14H22FN3O2/c1-4-18(9-14(2,3)19)8-10-5-11(13(16)17-20)7-12(15)6-10/h5-7,19-20H,4,8-9H2,1-3H3,(H2,16,17). The smallest absolute Gasteiger partial charge is 0.170 e. The molecule has 1 aromatic rings. The maximum Gasteiger partial charge on any atom is 0.170 e. The molecule has 0 saturated heterocycles. The molecule has 0 unspecified atom stereocenters. The predicted octanol–water partition coefficient (Wildman–Crippen LogP) is 1.51. The topological polar surface area (TPSA) is 82.1 Å². The van der Waals surface area contributed by atoms with Gasteiger partial charge in [0.05, 0.1) is 5.60 Å². The third-order valence-electron chi connectivity index (χ3n) is 2.83. The predicted molar refractivity (Wildman–Crippen MR) is 76.2 cm³/mol. The number of rotatable bonds is 6. The molecular formula is C14H22FN3O2. The number of benzene rings is 1. The number of halogens is 1. The van der Waals surface area contributed by atoms with Gasteiger partial charge < -0.3 is 16.0 Å². The first-order valence-electron chi connectivity index (χ1n) is 6.47. The van der Waals surface area contributed by atoms with E-state index < -0.39 is 11.4 Å². The highest BCUT2D eigenvalue weighted by Crippen LogP contribution is 2.14. The average molecular weight is 283 g/mol. The van der Waals surface area contributed by atoms with Gasteiger partial charge in [-0.05, 0) is 44.2 Å². The van der Waals surface area contributed by atoms with Crippen LogP contribution in [0.5, 0.6) is 0 Å². The fourth-order valence-corrected chi connectivity index (χ4v) is 2.03. The summed E-state index contributed by atoms with van der Waals surface area (Å²) in [6, 6.07) is 4.29. The summed E-state index contributed by atoms with van der Waals surface area (Å²) >= 11 is 0. The summed E-state index contributed by atoms with van der Waals surface area (Å²) in [5.41, 5.74) is 5.70. The van der Waals surface area contributed by atoms with Gasteiger partial charge in [0, 0.05) is 18.7 Å². The van der Waals surface area contributed by atoms with Crippen molar-refractivity contribution in [2.75, 3.05) is 13.1 Å². The van der Waals surface area contributed by atoms with Crippen LogP contribution in [0.2, 0.25) is 0 Å². The highest BCUT2D eigenvalue weighted by Gasteiger charge is 2.17. The Morgan fingerprint density at radius 1 is 1.40 bits per heavy atom. The van der Waals surface area contributed by atoms with Crippen molar-refractivity contribution in [3.63, 3.8) is 0 Å². The summed E-state index contributed by atoms with van der Waals surface area (Å²) in [6.07, 6.45) is 0. The number of hydrogen-bond acceptors (Lipinski definition) is 4. The maximum atomic E-state index is 13.6. The first-order chi connectivity index (χ1) is 9.25. The summed E-state index contributed by atoms with van der Waals surface area (Å²) in [4.78, 5) is 1.99. The van der Waals surface area contributed by atoms with Crippen molar-refractivity contribution in [1.29, 1.82) is 0 Å². The van der Waals surface area contributed by atoms with Crippen LogP contribution in [0.4, 0.5) is 4.39 Å². The van der Waals surface area contributed by atoms with E-state index in [0.717, 1.165) is 6.54 Å². The van der Waals surface area contributed by atoms with E-state index in [1.165, 1.54) is 12.1 Å². The molecule has 112 valence electrons. The van der Waals surface area contributed by atoms with Crippen molar-refractivity contribution >= 4 is 5.84 Å². The lowest BCUT2D eigenvalue weighted by atomic mass is 10.1. The van der Waals surface area contributed by atoms with Crippen molar-refractivity contribution in [2.45, 2.75) is 32.9 Å². The molecule has 6 heteroatoms. The Morgan fingerprint density at radius 3 is 2.55 bits per heavy atom. The molecule has 0 fully saturated rings. The summed E-state index contributed by atoms with van der Waals surface area (Å²) in [5.74, 6) is -0.570. The molecule has 0 aromatic heterocycles. The van der Waals surface area contributed by atoms with Gasteiger partial charge in [-0.3, -0.25) is 4.90 Å².